The van der Waals surface area contributed by atoms with Crippen LogP contribution in [-0.2, 0) is 9.53 Å². The minimum atomic E-state index is -0.296. The van der Waals surface area contributed by atoms with E-state index in [9.17, 15) is 4.79 Å². The Morgan fingerprint density at radius 1 is 1.33 bits per heavy atom. The van der Waals surface area contributed by atoms with E-state index in [0.717, 1.165) is 19.3 Å². The molecule has 0 N–H and O–H groups in total. The number of hydrogen-bond acceptors (Lipinski definition) is 2. The lowest BCUT2D eigenvalue weighted by Gasteiger charge is -2.36. The number of methoxy groups -OCH3 is 1. The molecule has 1 fully saturated rings. The molecule has 3 atom stereocenters. The Hall–Kier alpha value is -0.0800. The molecule has 0 saturated heterocycles. The fourth-order valence-corrected chi connectivity index (χ4v) is 2.69. The highest BCUT2D eigenvalue weighted by Gasteiger charge is 2.40. The first-order valence-corrected chi connectivity index (χ1v) is 6.02. The van der Waals surface area contributed by atoms with Crippen LogP contribution in [0.25, 0.3) is 0 Å². The van der Waals surface area contributed by atoms with Gasteiger partial charge in [0.05, 0.1) is 11.5 Å². The Morgan fingerprint density at radius 3 is 2.40 bits per heavy atom. The van der Waals surface area contributed by atoms with Gasteiger partial charge in [-0.15, -0.1) is 11.6 Å². The topological polar surface area (TPSA) is 26.3 Å². The van der Waals surface area contributed by atoms with Crippen LogP contribution < -0.4 is 0 Å². The number of carbonyl (C=O) groups excluding carboxylic acids is 1. The van der Waals surface area contributed by atoms with Gasteiger partial charge in [-0.25, -0.2) is 0 Å². The van der Waals surface area contributed by atoms with Gasteiger partial charge in [-0.1, -0.05) is 27.2 Å². The second-order valence-electron chi connectivity index (χ2n) is 5.37. The molecule has 0 heterocycles. The van der Waals surface area contributed by atoms with Gasteiger partial charge in [-0.05, 0) is 12.8 Å². The number of Topliss-reactive ketones (excluding diaryl/α,β-unsaturated/α-hetero) is 1. The highest BCUT2D eigenvalue weighted by atomic mass is 35.5. The normalized spacial score (nSPS) is 32.7. The first kappa shape index (κ1) is 13.0. The van der Waals surface area contributed by atoms with Gasteiger partial charge in [0, 0.05) is 18.4 Å². The molecule has 1 rings (SSSR count). The van der Waals surface area contributed by atoms with Crippen molar-refractivity contribution in [3.05, 3.63) is 0 Å². The molecule has 3 heteroatoms. The summed E-state index contributed by atoms with van der Waals surface area (Å²) in [6.07, 6.45) is 2.79. The predicted molar refractivity (Wildman–Crippen MR) is 62.2 cm³/mol. The molecule has 1 aliphatic rings. The Bertz CT molecular complexity index is 232. The highest BCUT2D eigenvalue weighted by molar-refractivity contribution is 6.21. The summed E-state index contributed by atoms with van der Waals surface area (Å²) in [5.74, 6) is 0.256. The lowest BCUT2D eigenvalue weighted by molar-refractivity contribution is -0.136. The zero-order valence-electron chi connectivity index (χ0n) is 10.0. The average Bonchev–Trinajstić information content (AvgIpc) is 2.14. The van der Waals surface area contributed by atoms with Crippen LogP contribution in [0.4, 0.5) is 0 Å². The van der Waals surface area contributed by atoms with Crippen LogP contribution in [0.5, 0.6) is 0 Å². The zero-order valence-corrected chi connectivity index (χ0v) is 10.8. The van der Waals surface area contributed by atoms with Crippen LogP contribution in [0.2, 0.25) is 0 Å². The molecule has 0 aliphatic heterocycles. The number of halogens is 1. The third kappa shape index (κ3) is 2.94. The Labute approximate surface area is 97.3 Å². The van der Waals surface area contributed by atoms with Crippen LogP contribution in [-0.4, -0.2) is 24.4 Å². The van der Waals surface area contributed by atoms with Crippen LogP contribution in [0.15, 0.2) is 0 Å². The van der Waals surface area contributed by atoms with Crippen LogP contribution in [0, 0.1) is 11.3 Å². The lowest BCUT2D eigenvalue weighted by Crippen LogP contribution is -2.44. The third-order valence-corrected chi connectivity index (χ3v) is 3.56. The van der Waals surface area contributed by atoms with E-state index in [0.29, 0.717) is 0 Å². The Morgan fingerprint density at radius 2 is 1.93 bits per heavy atom. The number of ether oxygens (including phenoxy) is 1. The summed E-state index contributed by atoms with van der Waals surface area (Å²) < 4.78 is 5.38. The number of ketones is 1. The van der Waals surface area contributed by atoms with Crippen molar-refractivity contribution in [2.75, 3.05) is 7.11 Å². The van der Waals surface area contributed by atoms with Crippen LogP contribution in [0.1, 0.15) is 40.0 Å². The summed E-state index contributed by atoms with van der Waals surface area (Å²) in [4.78, 5) is 12.2. The quantitative estimate of drug-likeness (QED) is 0.685. The average molecular weight is 233 g/mol. The van der Waals surface area contributed by atoms with Crippen LogP contribution >= 0.6 is 11.6 Å². The monoisotopic (exact) mass is 232 g/mol. The second-order valence-corrected chi connectivity index (χ2v) is 5.93. The van der Waals surface area contributed by atoms with E-state index in [4.69, 9.17) is 16.3 Å². The summed E-state index contributed by atoms with van der Waals surface area (Å²) in [7, 11) is 1.65. The van der Waals surface area contributed by atoms with Crippen molar-refractivity contribution in [2.45, 2.75) is 51.5 Å². The summed E-state index contributed by atoms with van der Waals surface area (Å²) in [5.41, 5.74) is -0.296. The molecule has 1 saturated carbocycles. The van der Waals surface area contributed by atoms with Gasteiger partial charge in [0.2, 0.25) is 0 Å². The third-order valence-electron chi connectivity index (χ3n) is 3.10. The molecule has 0 aromatic carbocycles. The molecule has 0 radical (unpaired) electrons. The molecule has 2 nitrogen and oxygen atoms in total. The van der Waals surface area contributed by atoms with Gasteiger partial charge in [0.1, 0.15) is 5.78 Å². The number of hydrogen-bond donors (Lipinski definition) is 0. The molecule has 3 unspecified atom stereocenters. The fourth-order valence-electron chi connectivity index (χ4n) is 2.26. The van der Waals surface area contributed by atoms with Crippen molar-refractivity contribution < 1.29 is 9.53 Å². The molecule has 88 valence electrons. The predicted octanol–water partition coefficient (Wildman–Crippen LogP) is 3.02. The van der Waals surface area contributed by atoms with Crippen molar-refractivity contribution in [1.29, 1.82) is 0 Å². The smallest absolute Gasteiger partial charge is 0.143 e. The van der Waals surface area contributed by atoms with E-state index >= 15 is 0 Å². The lowest BCUT2D eigenvalue weighted by atomic mass is 9.74. The van der Waals surface area contributed by atoms with E-state index in [1.54, 1.807) is 7.11 Å². The maximum absolute atomic E-state index is 12.2. The summed E-state index contributed by atoms with van der Waals surface area (Å²) >= 11 is 6.19. The molecule has 0 amide bonds. The summed E-state index contributed by atoms with van der Waals surface area (Å²) in [6, 6.07) is 0. The molecule has 0 aromatic heterocycles. The van der Waals surface area contributed by atoms with Gasteiger partial charge in [-0.3, -0.25) is 4.79 Å². The first-order valence-electron chi connectivity index (χ1n) is 5.59. The summed E-state index contributed by atoms with van der Waals surface area (Å²) in [6.45, 7) is 5.87. The van der Waals surface area contributed by atoms with E-state index in [1.807, 2.05) is 20.8 Å². The van der Waals surface area contributed by atoms with Crippen molar-refractivity contribution >= 4 is 17.4 Å². The SMILES string of the molecule is COC1C(Cl)CCCC1C(=O)C(C)(C)C. The van der Waals surface area contributed by atoms with Crippen molar-refractivity contribution in [1.82, 2.24) is 0 Å². The largest absolute Gasteiger partial charge is 0.379 e. The standard InChI is InChI=1S/C12H21ClO2/c1-12(2,3)11(14)8-6-5-7-9(13)10(8)15-4/h8-10H,5-7H2,1-4H3. The van der Waals surface area contributed by atoms with E-state index in [2.05, 4.69) is 0 Å². The van der Waals surface area contributed by atoms with Gasteiger partial charge < -0.3 is 4.74 Å². The maximum atomic E-state index is 12.2. The Balaban J connectivity index is 2.78. The molecule has 1 aliphatic carbocycles. The van der Waals surface area contributed by atoms with E-state index in [1.165, 1.54) is 0 Å². The number of carbonyl (C=O) groups is 1. The molecular formula is C12H21ClO2. The second kappa shape index (κ2) is 4.84. The van der Waals surface area contributed by atoms with Gasteiger partial charge in [0.25, 0.3) is 0 Å². The van der Waals surface area contributed by atoms with Gasteiger partial charge in [0.15, 0.2) is 0 Å². The van der Waals surface area contributed by atoms with Gasteiger partial charge >= 0.3 is 0 Å². The number of rotatable bonds is 2. The zero-order chi connectivity index (χ0) is 11.6. The van der Waals surface area contributed by atoms with E-state index in [-0.39, 0.29) is 28.6 Å². The maximum Gasteiger partial charge on any atom is 0.143 e. The molecule has 0 spiro atoms. The molecule has 0 aromatic rings. The first-order chi connectivity index (χ1) is 6.88. The van der Waals surface area contributed by atoms with Crippen molar-refractivity contribution in [3.8, 4) is 0 Å². The van der Waals surface area contributed by atoms with Crippen LogP contribution in [0.3, 0.4) is 0 Å². The Kier molecular flexibility index (Phi) is 4.19. The fraction of sp³-hybridized carbons (Fsp3) is 0.917. The van der Waals surface area contributed by atoms with Crippen molar-refractivity contribution in [2.24, 2.45) is 11.3 Å². The van der Waals surface area contributed by atoms with E-state index < -0.39 is 0 Å². The highest BCUT2D eigenvalue weighted by Crippen LogP contribution is 2.35. The van der Waals surface area contributed by atoms with Gasteiger partial charge in [-0.2, -0.15) is 0 Å². The minimum Gasteiger partial charge on any atom is -0.379 e. The molecule has 15 heavy (non-hydrogen) atoms. The van der Waals surface area contributed by atoms with Crippen molar-refractivity contribution in [3.63, 3.8) is 0 Å². The minimum absolute atomic E-state index is 0.0138. The molecule has 0 bridgehead atoms. The number of alkyl halides is 1. The molecular weight excluding hydrogens is 212 g/mol. The summed E-state index contributed by atoms with van der Waals surface area (Å²) in [5, 5.41) is -0.0138.